The van der Waals surface area contributed by atoms with Crippen LogP contribution in [0.2, 0.25) is 0 Å². The second kappa shape index (κ2) is 11.6. The molecule has 1 amide bonds. The van der Waals surface area contributed by atoms with Crippen molar-refractivity contribution in [1.29, 1.82) is 0 Å². The Morgan fingerprint density at radius 2 is 1.82 bits per heavy atom. The molecule has 0 aliphatic carbocycles. The number of likely N-dealkylation sites (tertiary alicyclic amines) is 1. The second-order valence-electron chi connectivity index (χ2n) is 8.55. The average molecular weight is 522 g/mol. The molecule has 0 unspecified atom stereocenters. The Balaban J connectivity index is 0.00000162. The average Bonchev–Trinajstić information content (AvgIpc) is 3.25. The molecule has 1 aromatic carbocycles. The first-order valence-electron chi connectivity index (χ1n) is 11.3. The van der Waals surface area contributed by atoms with Crippen molar-refractivity contribution in [1.82, 2.24) is 19.6 Å². The molecule has 0 saturated carbocycles. The van der Waals surface area contributed by atoms with Crippen molar-refractivity contribution >= 4 is 54.2 Å². The van der Waals surface area contributed by atoms with Gasteiger partial charge >= 0.3 is 0 Å². The zero-order chi connectivity index (χ0) is 22.0. The zero-order valence-corrected chi connectivity index (χ0v) is 21.3. The number of nitrogens with one attached hydrogen (secondary N) is 1. The van der Waals surface area contributed by atoms with Gasteiger partial charge in [0.15, 0.2) is 0 Å². The fraction of sp³-hybridized carbons (Fsp3) is 0.360. The van der Waals surface area contributed by atoms with E-state index in [9.17, 15) is 9.90 Å². The predicted octanol–water partition coefficient (Wildman–Crippen LogP) is 4.50. The number of unbranched alkanes of at least 4 members (excludes halogenated alkanes) is 1. The number of pyridine rings is 1. The minimum absolute atomic E-state index is 0. The molecule has 0 radical (unpaired) electrons. The minimum atomic E-state index is -0.698. The molecular weight excluding hydrogens is 491 g/mol. The summed E-state index contributed by atoms with van der Waals surface area (Å²) in [7, 11) is 0. The molecule has 2 aromatic heterocycles. The highest BCUT2D eigenvalue weighted by atomic mass is 35.5. The van der Waals surface area contributed by atoms with Crippen molar-refractivity contribution in [2.75, 3.05) is 26.2 Å². The molecule has 1 saturated heterocycles. The first kappa shape index (κ1) is 26.6. The van der Waals surface area contributed by atoms with E-state index in [2.05, 4.69) is 19.6 Å². The molecular formula is C25H30Cl2N4O2S. The van der Waals surface area contributed by atoms with Crippen LogP contribution in [0.1, 0.15) is 36.9 Å². The molecule has 1 fully saturated rings. The van der Waals surface area contributed by atoms with Gasteiger partial charge in [-0.2, -0.15) is 0 Å². The number of amides is 1. The van der Waals surface area contributed by atoms with Crippen LogP contribution in [0.5, 0.6) is 0 Å². The first-order valence-corrected chi connectivity index (χ1v) is 12.1. The molecule has 2 aliphatic rings. The lowest BCUT2D eigenvalue weighted by Crippen LogP contribution is -2.43. The first-order chi connectivity index (χ1) is 15.6. The van der Waals surface area contributed by atoms with Crippen molar-refractivity contribution in [2.45, 2.75) is 36.3 Å². The third-order valence-corrected chi connectivity index (χ3v) is 7.47. The Kier molecular flexibility index (Phi) is 9.07. The van der Waals surface area contributed by atoms with Crippen molar-refractivity contribution in [3.63, 3.8) is 0 Å². The van der Waals surface area contributed by atoms with Gasteiger partial charge in [-0.1, -0.05) is 48.2 Å². The molecule has 182 valence electrons. The lowest BCUT2D eigenvalue weighted by atomic mass is 9.84. The fourth-order valence-electron chi connectivity index (χ4n) is 4.53. The molecule has 2 aliphatic heterocycles. The van der Waals surface area contributed by atoms with Crippen molar-refractivity contribution in [2.24, 2.45) is 0 Å². The van der Waals surface area contributed by atoms with Crippen molar-refractivity contribution in [3.05, 3.63) is 70.9 Å². The van der Waals surface area contributed by atoms with Gasteiger partial charge in [-0.25, -0.2) is 4.98 Å². The normalized spacial score (nSPS) is 16.8. The number of imidazole rings is 1. The summed E-state index contributed by atoms with van der Waals surface area (Å²) in [4.78, 5) is 20.2. The Morgan fingerprint density at radius 3 is 2.59 bits per heavy atom. The number of halogens is 2. The number of benzene rings is 1. The summed E-state index contributed by atoms with van der Waals surface area (Å²) in [5.41, 5.74) is 2.17. The van der Waals surface area contributed by atoms with Gasteiger partial charge in [0.05, 0.1) is 27.4 Å². The summed E-state index contributed by atoms with van der Waals surface area (Å²) in [6.07, 6.45) is 7.22. The Labute approximate surface area is 216 Å². The van der Waals surface area contributed by atoms with Gasteiger partial charge < -0.3 is 15.3 Å². The largest absolute Gasteiger partial charge is 0.385 e. The number of hydrogen-bond acceptors (Lipinski definition) is 5. The maximum atomic E-state index is 12.7. The summed E-state index contributed by atoms with van der Waals surface area (Å²) in [6, 6.07) is 16.0. The zero-order valence-electron chi connectivity index (χ0n) is 18.9. The molecule has 2 N–H and O–H groups in total. The number of aromatic nitrogens is 2. The van der Waals surface area contributed by atoms with Crippen LogP contribution in [0.3, 0.4) is 0 Å². The van der Waals surface area contributed by atoms with Crippen LogP contribution in [-0.4, -0.2) is 51.5 Å². The van der Waals surface area contributed by atoms with Gasteiger partial charge in [0.25, 0.3) is 5.91 Å². The molecule has 0 atom stereocenters. The molecule has 3 aromatic rings. The van der Waals surface area contributed by atoms with Crippen molar-refractivity contribution < 1.29 is 9.90 Å². The molecule has 0 bridgehead atoms. The summed E-state index contributed by atoms with van der Waals surface area (Å²) in [6.45, 7) is 3.47. The van der Waals surface area contributed by atoms with Gasteiger partial charge in [-0.15, -0.1) is 24.8 Å². The second-order valence-corrected chi connectivity index (χ2v) is 9.62. The van der Waals surface area contributed by atoms with Gasteiger partial charge in [0, 0.05) is 19.6 Å². The minimum Gasteiger partial charge on any atom is -0.385 e. The number of rotatable bonds is 7. The van der Waals surface area contributed by atoms with Gasteiger partial charge in [-0.3, -0.25) is 9.20 Å². The highest BCUT2D eigenvalue weighted by molar-refractivity contribution is 8.04. The van der Waals surface area contributed by atoms with Crippen LogP contribution in [-0.2, 0) is 10.4 Å². The topological polar surface area (TPSA) is 69.9 Å². The summed E-state index contributed by atoms with van der Waals surface area (Å²) in [5, 5.41) is 15.0. The number of hydrogen-bond donors (Lipinski definition) is 2. The van der Waals surface area contributed by atoms with E-state index in [4.69, 9.17) is 0 Å². The SMILES string of the molecule is Cl.Cl.O=C(NCCCCN1CCC(O)(c2ccccc2)CC1)C1=Cc2cnc3cccc(n23)S1. The Morgan fingerprint density at radius 1 is 1.06 bits per heavy atom. The van der Waals surface area contributed by atoms with Crippen LogP contribution >= 0.6 is 36.6 Å². The van der Waals surface area contributed by atoms with E-state index in [1.807, 2.05) is 60.8 Å². The van der Waals surface area contributed by atoms with Crippen LogP contribution in [0.15, 0.2) is 64.7 Å². The third-order valence-electron chi connectivity index (χ3n) is 6.42. The maximum Gasteiger partial charge on any atom is 0.258 e. The van der Waals surface area contributed by atoms with Gasteiger partial charge in [0.2, 0.25) is 0 Å². The Bertz CT molecular complexity index is 1140. The van der Waals surface area contributed by atoms with Crippen LogP contribution in [0.25, 0.3) is 11.7 Å². The number of piperidine rings is 1. The van der Waals surface area contributed by atoms with E-state index in [0.717, 1.165) is 67.2 Å². The van der Waals surface area contributed by atoms with Crippen LogP contribution < -0.4 is 5.32 Å². The quantitative estimate of drug-likeness (QED) is 0.448. The number of carbonyl (C=O) groups excluding carboxylic acids is 1. The van der Waals surface area contributed by atoms with E-state index in [0.29, 0.717) is 11.4 Å². The smallest absolute Gasteiger partial charge is 0.258 e. The predicted molar refractivity (Wildman–Crippen MR) is 142 cm³/mol. The molecule has 0 spiro atoms. The summed E-state index contributed by atoms with van der Waals surface area (Å²) in [5.74, 6) is -0.0228. The van der Waals surface area contributed by atoms with E-state index in [1.165, 1.54) is 11.8 Å². The fourth-order valence-corrected chi connectivity index (χ4v) is 5.54. The van der Waals surface area contributed by atoms with E-state index >= 15 is 0 Å². The summed E-state index contributed by atoms with van der Waals surface area (Å²) < 4.78 is 2.07. The van der Waals surface area contributed by atoms with Gasteiger partial charge in [-0.05, 0) is 56.0 Å². The molecule has 4 heterocycles. The highest BCUT2D eigenvalue weighted by Crippen LogP contribution is 2.34. The molecule has 6 nitrogen and oxygen atoms in total. The van der Waals surface area contributed by atoms with Crippen LogP contribution in [0.4, 0.5) is 0 Å². The molecule has 34 heavy (non-hydrogen) atoms. The number of thioether (sulfide) groups is 1. The van der Waals surface area contributed by atoms with Gasteiger partial charge in [0.1, 0.15) is 5.65 Å². The Hall–Kier alpha value is -2.03. The van der Waals surface area contributed by atoms with Crippen molar-refractivity contribution in [3.8, 4) is 0 Å². The van der Waals surface area contributed by atoms with E-state index < -0.39 is 5.60 Å². The third kappa shape index (κ3) is 5.61. The number of nitrogens with zero attached hydrogens (tertiary/aromatic N) is 3. The maximum absolute atomic E-state index is 12.7. The standard InChI is InChI=1S/C25H28N4O2S.2ClH/c30-24(21-17-20-18-27-22-9-6-10-23(32-21)29(20)22)26-13-4-5-14-28-15-11-25(31,12-16-28)19-7-2-1-3-8-19;;/h1-3,6-10,17-18,31H,4-5,11-16H2,(H,26,30);2*1H. The number of aliphatic hydroxyl groups is 1. The molecule has 9 heteroatoms. The van der Waals surface area contributed by atoms with E-state index in [-0.39, 0.29) is 30.7 Å². The monoisotopic (exact) mass is 520 g/mol. The lowest BCUT2D eigenvalue weighted by Gasteiger charge is -2.38. The number of carbonyl (C=O) groups is 1. The summed E-state index contributed by atoms with van der Waals surface area (Å²) >= 11 is 1.49. The van der Waals surface area contributed by atoms with E-state index in [1.54, 1.807) is 0 Å². The highest BCUT2D eigenvalue weighted by Gasteiger charge is 2.33. The molecule has 5 rings (SSSR count). The van der Waals surface area contributed by atoms with Crippen LogP contribution in [0, 0.1) is 0 Å². The lowest BCUT2D eigenvalue weighted by molar-refractivity contribution is -0.116.